The maximum absolute atomic E-state index is 14.7. The molecule has 6 rings (SSSR count). The molecule has 0 N–H and O–H groups in total. The van der Waals surface area contributed by atoms with E-state index in [1.807, 2.05) is 31.2 Å². The number of esters is 1. The topological polar surface area (TPSA) is 79.8 Å². The number of halogens is 1. The van der Waals surface area contributed by atoms with Gasteiger partial charge < -0.3 is 9.64 Å². The van der Waals surface area contributed by atoms with Crippen LogP contribution < -0.4 is 4.90 Å². The Hall–Kier alpha value is -3.29. The minimum absolute atomic E-state index is 0.131. The highest BCUT2D eigenvalue weighted by Crippen LogP contribution is 2.76. The molecule has 1 atom stereocenters. The molecule has 2 aromatic rings. The molecule has 2 bridgehead atoms. The SMILES string of the molecule is COC(=O)C12CC(C3C(=O)N(c4ncc(C)cc4F)CC(=O)N3Cc3ccc(C)cc3)(C1)C2. The number of rotatable bonds is 5. The zero-order chi connectivity index (χ0) is 23.5. The predicted molar refractivity (Wildman–Crippen MR) is 118 cm³/mol. The van der Waals surface area contributed by atoms with Crippen LogP contribution in [0.2, 0.25) is 0 Å². The van der Waals surface area contributed by atoms with Crippen molar-refractivity contribution < 1.29 is 23.5 Å². The van der Waals surface area contributed by atoms with Gasteiger partial charge in [-0.2, -0.15) is 0 Å². The first-order valence-electron chi connectivity index (χ1n) is 11.1. The van der Waals surface area contributed by atoms with Gasteiger partial charge >= 0.3 is 5.97 Å². The molecule has 8 heteroatoms. The number of aromatic nitrogens is 1. The molecule has 2 heterocycles. The molecular weight excluding hydrogens is 425 g/mol. The van der Waals surface area contributed by atoms with Crippen molar-refractivity contribution in [3.05, 3.63) is 59.0 Å². The number of amides is 2. The van der Waals surface area contributed by atoms with E-state index in [-0.39, 0.29) is 36.7 Å². The van der Waals surface area contributed by atoms with Crippen LogP contribution in [0.3, 0.4) is 0 Å². The number of carbonyl (C=O) groups excluding carboxylic acids is 3. The van der Waals surface area contributed by atoms with E-state index in [1.54, 1.807) is 11.8 Å². The largest absolute Gasteiger partial charge is 0.469 e. The third kappa shape index (κ3) is 3.22. The molecule has 172 valence electrons. The summed E-state index contributed by atoms with van der Waals surface area (Å²) >= 11 is 0. The normalized spacial score (nSPS) is 28.3. The lowest BCUT2D eigenvalue weighted by atomic mass is 9.32. The molecule has 0 spiro atoms. The van der Waals surface area contributed by atoms with Crippen molar-refractivity contribution >= 4 is 23.6 Å². The van der Waals surface area contributed by atoms with Gasteiger partial charge in [0.05, 0.1) is 12.5 Å². The van der Waals surface area contributed by atoms with Gasteiger partial charge in [0.2, 0.25) is 5.91 Å². The van der Waals surface area contributed by atoms with Gasteiger partial charge in [-0.3, -0.25) is 19.3 Å². The average Bonchev–Trinajstić information content (AvgIpc) is 2.72. The van der Waals surface area contributed by atoms with Crippen LogP contribution in [0.15, 0.2) is 36.5 Å². The summed E-state index contributed by atoms with van der Waals surface area (Å²) in [5.74, 6) is -1.65. The van der Waals surface area contributed by atoms with Crippen molar-refractivity contribution in [2.45, 2.75) is 45.7 Å². The summed E-state index contributed by atoms with van der Waals surface area (Å²) in [6.07, 6.45) is 2.94. The number of methoxy groups -OCH3 is 1. The summed E-state index contributed by atoms with van der Waals surface area (Å²) in [7, 11) is 1.36. The minimum atomic E-state index is -0.783. The van der Waals surface area contributed by atoms with Gasteiger partial charge in [-0.05, 0) is 50.3 Å². The molecule has 1 unspecified atom stereocenters. The second kappa shape index (κ2) is 7.37. The van der Waals surface area contributed by atoms with Crippen molar-refractivity contribution in [1.29, 1.82) is 0 Å². The van der Waals surface area contributed by atoms with Gasteiger partial charge in [-0.15, -0.1) is 0 Å². The molecule has 33 heavy (non-hydrogen) atoms. The standard InChI is InChI=1S/C25H26FN3O4/c1-15-4-6-17(7-5-15)10-28-19(30)11-29(21-18(26)8-16(2)9-27-21)22(31)20(28)24-12-25(13-24,14-24)23(32)33-3/h4-9,20H,10-14H2,1-3H3. The highest BCUT2D eigenvalue weighted by molar-refractivity contribution is 6.07. The Morgan fingerprint density at radius 1 is 1.15 bits per heavy atom. The molecule has 1 saturated heterocycles. The van der Waals surface area contributed by atoms with Crippen LogP contribution in [0.4, 0.5) is 10.2 Å². The molecule has 1 aromatic heterocycles. The summed E-state index contributed by atoms with van der Waals surface area (Å²) in [6, 6.07) is 8.33. The lowest BCUT2D eigenvalue weighted by Gasteiger charge is -2.72. The van der Waals surface area contributed by atoms with Crippen LogP contribution in [0.25, 0.3) is 0 Å². The van der Waals surface area contributed by atoms with Crippen molar-refractivity contribution in [2.75, 3.05) is 18.6 Å². The van der Waals surface area contributed by atoms with Gasteiger partial charge in [0, 0.05) is 18.2 Å². The molecular formula is C25H26FN3O4. The van der Waals surface area contributed by atoms with Crippen molar-refractivity contribution in [2.24, 2.45) is 10.8 Å². The van der Waals surface area contributed by atoms with Gasteiger partial charge in [0.25, 0.3) is 5.91 Å². The van der Waals surface area contributed by atoms with E-state index in [0.717, 1.165) is 11.1 Å². The van der Waals surface area contributed by atoms with Crippen LogP contribution in [0, 0.1) is 30.5 Å². The predicted octanol–water partition coefficient (Wildman–Crippen LogP) is 2.92. The van der Waals surface area contributed by atoms with E-state index in [2.05, 4.69) is 4.98 Å². The first-order chi connectivity index (χ1) is 15.7. The quantitative estimate of drug-likeness (QED) is 0.653. The summed E-state index contributed by atoms with van der Waals surface area (Å²) in [5.41, 5.74) is 1.57. The smallest absolute Gasteiger partial charge is 0.311 e. The van der Waals surface area contributed by atoms with Gasteiger partial charge in [0.15, 0.2) is 11.6 Å². The Balaban J connectivity index is 1.49. The lowest BCUT2D eigenvalue weighted by Crippen LogP contribution is -2.77. The Morgan fingerprint density at radius 2 is 1.82 bits per heavy atom. The maximum Gasteiger partial charge on any atom is 0.311 e. The lowest BCUT2D eigenvalue weighted by molar-refractivity contribution is -0.245. The molecule has 3 saturated carbocycles. The zero-order valence-electron chi connectivity index (χ0n) is 18.9. The number of piperazine rings is 1. The van der Waals surface area contributed by atoms with E-state index in [4.69, 9.17) is 4.74 Å². The molecule has 7 nitrogen and oxygen atoms in total. The second-order valence-electron chi connectivity index (χ2n) is 9.82. The van der Waals surface area contributed by atoms with Gasteiger partial charge in [-0.1, -0.05) is 29.8 Å². The van der Waals surface area contributed by atoms with Crippen molar-refractivity contribution in [3.63, 3.8) is 0 Å². The summed E-state index contributed by atoms with van der Waals surface area (Å²) in [6.45, 7) is 3.70. The number of hydrogen-bond donors (Lipinski definition) is 0. The molecule has 4 aliphatic rings. The Bertz CT molecular complexity index is 1140. The summed E-state index contributed by atoms with van der Waals surface area (Å²) in [4.78, 5) is 46.3. The molecule has 4 fully saturated rings. The fourth-order valence-electron chi connectivity index (χ4n) is 5.88. The van der Waals surface area contributed by atoms with E-state index >= 15 is 0 Å². The first-order valence-corrected chi connectivity index (χ1v) is 11.1. The van der Waals surface area contributed by atoms with Crippen molar-refractivity contribution in [3.8, 4) is 0 Å². The third-order valence-corrected chi connectivity index (χ3v) is 7.38. The van der Waals surface area contributed by atoms with Crippen molar-refractivity contribution in [1.82, 2.24) is 9.88 Å². The Kier molecular flexibility index (Phi) is 4.81. The number of anilines is 1. The minimum Gasteiger partial charge on any atom is -0.469 e. The molecule has 1 aromatic carbocycles. The molecule has 3 aliphatic carbocycles. The van der Waals surface area contributed by atoms with Gasteiger partial charge in [0.1, 0.15) is 12.6 Å². The highest BCUT2D eigenvalue weighted by Gasteiger charge is 2.77. The number of aryl methyl sites for hydroxylation is 2. The van der Waals surface area contributed by atoms with Crippen LogP contribution in [-0.2, 0) is 25.7 Å². The maximum atomic E-state index is 14.7. The van der Waals surface area contributed by atoms with E-state index < -0.39 is 22.7 Å². The van der Waals surface area contributed by atoms with Crippen LogP contribution in [0.1, 0.15) is 36.0 Å². The number of pyridine rings is 1. The molecule has 0 radical (unpaired) electrons. The Morgan fingerprint density at radius 3 is 2.42 bits per heavy atom. The van der Waals surface area contributed by atoms with Crippen LogP contribution >= 0.6 is 0 Å². The van der Waals surface area contributed by atoms with E-state index in [9.17, 15) is 18.8 Å². The summed E-state index contributed by atoms with van der Waals surface area (Å²) in [5, 5.41) is 0. The molecule has 2 amide bonds. The molecule has 1 aliphatic heterocycles. The summed E-state index contributed by atoms with van der Waals surface area (Å²) < 4.78 is 19.7. The second-order valence-corrected chi connectivity index (χ2v) is 9.82. The van der Waals surface area contributed by atoms with Crippen LogP contribution in [0.5, 0.6) is 0 Å². The average molecular weight is 451 g/mol. The number of nitrogens with zero attached hydrogens (tertiary/aromatic N) is 3. The first kappa shape index (κ1) is 21.6. The monoisotopic (exact) mass is 451 g/mol. The van der Waals surface area contributed by atoms with Crippen LogP contribution in [-0.4, -0.2) is 47.4 Å². The fourth-order valence-corrected chi connectivity index (χ4v) is 5.88. The van der Waals surface area contributed by atoms with E-state index in [1.165, 1.54) is 24.3 Å². The van der Waals surface area contributed by atoms with Gasteiger partial charge in [-0.25, -0.2) is 9.37 Å². The number of carbonyl (C=O) groups is 3. The third-order valence-electron chi connectivity index (χ3n) is 7.38. The van der Waals surface area contributed by atoms with E-state index in [0.29, 0.717) is 24.8 Å². The fraction of sp³-hybridized carbons (Fsp3) is 0.440. The highest BCUT2D eigenvalue weighted by atomic mass is 19.1. The number of ether oxygens (including phenoxy) is 1. The number of benzene rings is 1. The Labute approximate surface area is 191 Å². The number of hydrogen-bond acceptors (Lipinski definition) is 5. The zero-order valence-corrected chi connectivity index (χ0v) is 18.9.